The average Bonchev–Trinajstić information content (AvgIpc) is 2.72. The number of ether oxygens (including phenoxy) is 1. The topological polar surface area (TPSA) is 54.5 Å². The maximum absolute atomic E-state index is 12.3. The van der Waals surface area contributed by atoms with Crippen LogP contribution in [-0.4, -0.2) is 40.7 Å². The summed E-state index contributed by atoms with van der Waals surface area (Å²) in [4.78, 5) is 18.2. The van der Waals surface area contributed by atoms with E-state index in [4.69, 9.17) is 4.74 Å². The molecule has 0 atom stereocenters. The third kappa shape index (κ3) is 6.05. The van der Waals surface area contributed by atoms with Crippen LogP contribution in [0.15, 0.2) is 42.7 Å². The van der Waals surface area contributed by atoms with Gasteiger partial charge in [0.25, 0.3) is 0 Å². The molecule has 2 aromatic rings. The number of carbonyl (C=O) groups excluding carboxylic acids is 1. The molecular formula is C25H35N3O2. The van der Waals surface area contributed by atoms with Crippen LogP contribution in [0, 0.1) is 6.92 Å². The van der Waals surface area contributed by atoms with E-state index in [0.717, 1.165) is 32.2 Å². The Morgan fingerprint density at radius 2 is 1.77 bits per heavy atom. The molecule has 30 heavy (non-hydrogen) atoms. The van der Waals surface area contributed by atoms with E-state index < -0.39 is 5.60 Å². The number of benzene rings is 1. The van der Waals surface area contributed by atoms with E-state index in [0.29, 0.717) is 6.04 Å². The zero-order valence-corrected chi connectivity index (χ0v) is 18.9. The number of aromatic nitrogens is 1. The van der Waals surface area contributed by atoms with Gasteiger partial charge in [0.1, 0.15) is 5.60 Å². The first-order valence-electron chi connectivity index (χ1n) is 10.9. The van der Waals surface area contributed by atoms with Gasteiger partial charge in [-0.05, 0) is 93.8 Å². The summed E-state index contributed by atoms with van der Waals surface area (Å²) in [6.45, 7) is 8.75. The zero-order valence-electron chi connectivity index (χ0n) is 18.9. The van der Waals surface area contributed by atoms with Gasteiger partial charge in [-0.3, -0.25) is 4.98 Å². The minimum atomic E-state index is -0.452. The maximum atomic E-state index is 12.3. The molecule has 1 N–H and O–H groups in total. The number of nitrogens with one attached hydrogen (secondary N) is 1. The van der Waals surface area contributed by atoms with Crippen LogP contribution in [0.3, 0.4) is 0 Å². The van der Waals surface area contributed by atoms with Crippen LogP contribution in [0.25, 0.3) is 11.1 Å². The second kappa shape index (κ2) is 9.61. The SMILES string of the molecule is Cc1ccc(-c2ccncc2)cc1CN[C@H]1CC[C@H](N(C)C(=O)OC(C)(C)C)CC1. The van der Waals surface area contributed by atoms with E-state index in [1.807, 2.05) is 52.3 Å². The molecule has 1 heterocycles. The van der Waals surface area contributed by atoms with Crippen LogP contribution in [0.1, 0.15) is 57.6 Å². The van der Waals surface area contributed by atoms with Crippen LogP contribution in [0.2, 0.25) is 0 Å². The summed E-state index contributed by atoms with van der Waals surface area (Å²) < 4.78 is 5.51. The fraction of sp³-hybridized carbons (Fsp3) is 0.520. The number of rotatable bonds is 5. The van der Waals surface area contributed by atoms with Gasteiger partial charge in [-0.1, -0.05) is 12.1 Å². The van der Waals surface area contributed by atoms with Crippen molar-refractivity contribution >= 4 is 6.09 Å². The largest absolute Gasteiger partial charge is 0.444 e. The van der Waals surface area contributed by atoms with Crippen LogP contribution >= 0.6 is 0 Å². The van der Waals surface area contributed by atoms with Crippen molar-refractivity contribution in [3.8, 4) is 11.1 Å². The van der Waals surface area contributed by atoms with Crippen LogP contribution < -0.4 is 5.32 Å². The van der Waals surface area contributed by atoms with E-state index in [1.54, 1.807) is 4.90 Å². The number of aryl methyl sites for hydroxylation is 1. The van der Waals surface area contributed by atoms with Crippen molar-refractivity contribution < 1.29 is 9.53 Å². The van der Waals surface area contributed by atoms with Gasteiger partial charge < -0.3 is 15.0 Å². The summed E-state index contributed by atoms with van der Waals surface area (Å²) in [5.74, 6) is 0. The molecule has 0 unspecified atom stereocenters. The summed E-state index contributed by atoms with van der Waals surface area (Å²) in [6.07, 6.45) is 7.59. The predicted octanol–water partition coefficient (Wildman–Crippen LogP) is 5.32. The Bertz CT molecular complexity index is 837. The van der Waals surface area contributed by atoms with Crippen LogP contribution in [-0.2, 0) is 11.3 Å². The molecule has 1 saturated carbocycles. The number of nitrogens with zero attached hydrogens (tertiary/aromatic N) is 2. The minimum absolute atomic E-state index is 0.220. The molecule has 1 aromatic heterocycles. The summed E-state index contributed by atoms with van der Waals surface area (Å²) in [7, 11) is 1.86. The quantitative estimate of drug-likeness (QED) is 0.726. The van der Waals surface area contributed by atoms with Gasteiger partial charge in [0, 0.05) is 38.1 Å². The molecule has 5 nitrogen and oxygen atoms in total. The Morgan fingerprint density at radius 3 is 2.40 bits per heavy atom. The van der Waals surface area contributed by atoms with Gasteiger partial charge >= 0.3 is 6.09 Å². The van der Waals surface area contributed by atoms with E-state index in [-0.39, 0.29) is 12.1 Å². The third-order valence-corrected chi connectivity index (χ3v) is 5.87. The lowest BCUT2D eigenvalue weighted by Gasteiger charge is -2.36. The van der Waals surface area contributed by atoms with Crippen molar-refractivity contribution in [3.63, 3.8) is 0 Å². The number of pyridine rings is 1. The first-order valence-corrected chi connectivity index (χ1v) is 10.9. The number of carbonyl (C=O) groups is 1. The van der Waals surface area contributed by atoms with Gasteiger partial charge in [-0.2, -0.15) is 0 Å². The number of amides is 1. The predicted molar refractivity (Wildman–Crippen MR) is 121 cm³/mol. The maximum Gasteiger partial charge on any atom is 0.410 e. The molecule has 1 fully saturated rings. The second-order valence-electron chi connectivity index (χ2n) is 9.35. The molecule has 1 amide bonds. The smallest absolute Gasteiger partial charge is 0.410 e. The van der Waals surface area contributed by atoms with Crippen molar-refractivity contribution in [2.45, 2.75) is 77.6 Å². The summed E-state index contributed by atoms with van der Waals surface area (Å²) in [5, 5.41) is 3.74. The van der Waals surface area contributed by atoms with E-state index in [1.165, 1.54) is 22.3 Å². The molecule has 3 rings (SSSR count). The molecule has 0 aliphatic heterocycles. The standard InChI is InChI=1S/C25H35N3O2/c1-18-6-7-20(19-12-14-26-15-13-19)16-21(18)17-27-22-8-10-23(11-9-22)28(5)24(29)30-25(2,3)4/h6-7,12-16,22-23,27H,8-11,17H2,1-5H3/t22-,23-. The normalized spacial score (nSPS) is 19.4. The molecule has 1 aliphatic carbocycles. The molecule has 0 radical (unpaired) electrons. The summed E-state index contributed by atoms with van der Waals surface area (Å²) in [5.41, 5.74) is 4.60. The van der Waals surface area contributed by atoms with Crippen molar-refractivity contribution in [1.29, 1.82) is 0 Å². The highest BCUT2D eigenvalue weighted by Gasteiger charge is 2.29. The van der Waals surface area contributed by atoms with Crippen LogP contribution in [0.5, 0.6) is 0 Å². The van der Waals surface area contributed by atoms with Gasteiger partial charge in [0.2, 0.25) is 0 Å². The fourth-order valence-electron chi connectivity index (χ4n) is 3.99. The number of hydrogen-bond donors (Lipinski definition) is 1. The lowest BCUT2D eigenvalue weighted by Crippen LogP contribution is -2.44. The molecule has 1 aliphatic rings. The molecular weight excluding hydrogens is 374 g/mol. The van der Waals surface area contributed by atoms with E-state index in [2.05, 4.69) is 35.4 Å². The van der Waals surface area contributed by atoms with E-state index >= 15 is 0 Å². The van der Waals surface area contributed by atoms with Crippen molar-refractivity contribution in [1.82, 2.24) is 15.2 Å². The third-order valence-electron chi connectivity index (χ3n) is 5.87. The minimum Gasteiger partial charge on any atom is -0.444 e. The lowest BCUT2D eigenvalue weighted by atomic mass is 9.90. The highest BCUT2D eigenvalue weighted by atomic mass is 16.6. The Hall–Kier alpha value is -2.40. The zero-order chi connectivity index (χ0) is 21.7. The second-order valence-corrected chi connectivity index (χ2v) is 9.35. The summed E-state index contributed by atoms with van der Waals surface area (Å²) >= 11 is 0. The van der Waals surface area contributed by atoms with E-state index in [9.17, 15) is 4.79 Å². The Balaban J connectivity index is 1.52. The number of hydrogen-bond acceptors (Lipinski definition) is 4. The van der Waals surface area contributed by atoms with Gasteiger partial charge in [-0.15, -0.1) is 0 Å². The van der Waals surface area contributed by atoms with Gasteiger partial charge in [0.05, 0.1) is 0 Å². The molecule has 5 heteroatoms. The molecule has 0 saturated heterocycles. The lowest BCUT2D eigenvalue weighted by molar-refractivity contribution is 0.0179. The van der Waals surface area contributed by atoms with Crippen molar-refractivity contribution in [2.75, 3.05) is 7.05 Å². The Morgan fingerprint density at radius 1 is 1.10 bits per heavy atom. The van der Waals surface area contributed by atoms with Crippen molar-refractivity contribution in [3.05, 3.63) is 53.9 Å². The Kier molecular flexibility index (Phi) is 7.14. The Labute approximate surface area is 180 Å². The molecule has 0 bridgehead atoms. The highest BCUT2D eigenvalue weighted by Crippen LogP contribution is 2.25. The summed E-state index contributed by atoms with van der Waals surface area (Å²) in [6, 6.07) is 11.5. The molecule has 162 valence electrons. The molecule has 0 spiro atoms. The first-order chi connectivity index (χ1) is 14.2. The van der Waals surface area contributed by atoms with Crippen molar-refractivity contribution in [2.24, 2.45) is 0 Å². The van der Waals surface area contributed by atoms with Gasteiger partial charge in [-0.25, -0.2) is 4.79 Å². The van der Waals surface area contributed by atoms with Crippen LogP contribution in [0.4, 0.5) is 4.79 Å². The van der Waals surface area contributed by atoms with Gasteiger partial charge in [0.15, 0.2) is 0 Å². The highest BCUT2D eigenvalue weighted by molar-refractivity contribution is 5.68. The first kappa shape index (κ1) is 22.3. The fourth-order valence-corrected chi connectivity index (χ4v) is 3.99. The monoisotopic (exact) mass is 409 g/mol. The molecule has 1 aromatic carbocycles. The average molecular weight is 410 g/mol.